The monoisotopic (exact) mass is 260 g/mol. The molecule has 0 saturated heterocycles. The summed E-state index contributed by atoms with van der Waals surface area (Å²) in [6.07, 6.45) is 0. The number of aromatic nitrogens is 1. The lowest BCUT2D eigenvalue weighted by Gasteiger charge is -2.10. The van der Waals surface area contributed by atoms with Gasteiger partial charge in [-0.05, 0) is 19.1 Å². The van der Waals surface area contributed by atoms with Crippen LogP contribution in [0.4, 0.5) is 5.69 Å². The Hall–Kier alpha value is -2.43. The molecule has 0 fully saturated rings. The molecule has 1 aromatic carbocycles. The van der Waals surface area contributed by atoms with E-state index < -0.39 is 0 Å². The number of rotatable bonds is 5. The number of pyridine rings is 1. The molecule has 1 heterocycles. The standard InChI is InChI=1S/C14H16N2O3/c1-3-18-13-5-4-6-14(16-13)19-12-9-10(17-2)7-8-11(12)15/h4-9H,3,15H2,1-2H3. The number of hydrogen-bond acceptors (Lipinski definition) is 5. The quantitative estimate of drug-likeness (QED) is 0.837. The molecule has 0 spiro atoms. The van der Waals surface area contributed by atoms with Crippen molar-refractivity contribution in [3.05, 3.63) is 36.4 Å². The summed E-state index contributed by atoms with van der Waals surface area (Å²) in [5.74, 6) is 2.11. The van der Waals surface area contributed by atoms with E-state index in [4.69, 9.17) is 19.9 Å². The van der Waals surface area contributed by atoms with Crippen molar-refractivity contribution in [2.75, 3.05) is 19.5 Å². The fourth-order valence-corrected chi connectivity index (χ4v) is 1.52. The van der Waals surface area contributed by atoms with Crippen LogP contribution in [0.3, 0.4) is 0 Å². The summed E-state index contributed by atoms with van der Waals surface area (Å²) in [5, 5.41) is 0. The number of nitrogen functional groups attached to an aromatic ring is 1. The van der Waals surface area contributed by atoms with Crippen LogP contribution in [0.5, 0.6) is 23.3 Å². The average molecular weight is 260 g/mol. The Bertz CT molecular complexity index is 558. The first-order valence-electron chi connectivity index (χ1n) is 5.94. The number of benzene rings is 1. The molecule has 2 rings (SSSR count). The maximum absolute atomic E-state index is 5.85. The number of hydrogen-bond donors (Lipinski definition) is 1. The molecule has 100 valence electrons. The van der Waals surface area contributed by atoms with Gasteiger partial charge in [0.05, 0.1) is 19.4 Å². The van der Waals surface area contributed by atoms with Crippen LogP contribution >= 0.6 is 0 Å². The van der Waals surface area contributed by atoms with Gasteiger partial charge < -0.3 is 19.9 Å². The van der Waals surface area contributed by atoms with Gasteiger partial charge in [-0.15, -0.1) is 0 Å². The van der Waals surface area contributed by atoms with Crippen LogP contribution in [0.15, 0.2) is 36.4 Å². The number of methoxy groups -OCH3 is 1. The molecule has 0 radical (unpaired) electrons. The number of ether oxygens (including phenoxy) is 3. The van der Waals surface area contributed by atoms with Crippen LogP contribution in [0.2, 0.25) is 0 Å². The van der Waals surface area contributed by atoms with Gasteiger partial charge >= 0.3 is 0 Å². The van der Waals surface area contributed by atoms with Gasteiger partial charge in [0.2, 0.25) is 11.8 Å². The van der Waals surface area contributed by atoms with E-state index in [1.165, 1.54) is 0 Å². The van der Waals surface area contributed by atoms with Crippen molar-refractivity contribution in [1.82, 2.24) is 4.98 Å². The van der Waals surface area contributed by atoms with Gasteiger partial charge in [-0.3, -0.25) is 0 Å². The van der Waals surface area contributed by atoms with Gasteiger partial charge in [0, 0.05) is 18.2 Å². The molecule has 0 amide bonds. The molecule has 0 unspecified atom stereocenters. The largest absolute Gasteiger partial charge is 0.497 e. The molecule has 1 aromatic heterocycles. The summed E-state index contributed by atoms with van der Waals surface area (Å²) >= 11 is 0. The van der Waals surface area contributed by atoms with Gasteiger partial charge in [-0.2, -0.15) is 4.98 Å². The maximum atomic E-state index is 5.85. The second-order valence-electron chi connectivity index (χ2n) is 3.75. The Morgan fingerprint density at radius 2 is 1.95 bits per heavy atom. The third-order valence-electron chi connectivity index (χ3n) is 2.43. The van der Waals surface area contributed by atoms with Crippen LogP contribution in [0.1, 0.15) is 6.92 Å². The third-order valence-corrected chi connectivity index (χ3v) is 2.43. The van der Waals surface area contributed by atoms with Gasteiger partial charge in [-0.25, -0.2) is 0 Å². The van der Waals surface area contributed by atoms with Crippen LogP contribution < -0.4 is 19.9 Å². The molecule has 5 nitrogen and oxygen atoms in total. The minimum Gasteiger partial charge on any atom is -0.497 e. The summed E-state index contributed by atoms with van der Waals surface area (Å²) in [7, 11) is 1.59. The molecule has 0 aliphatic rings. The highest BCUT2D eigenvalue weighted by Crippen LogP contribution is 2.30. The lowest BCUT2D eigenvalue weighted by molar-refractivity contribution is 0.321. The number of nitrogens with two attached hydrogens (primary N) is 1. The maximum Gasteiger partial charge on any atom is 0.222 e. The number of nitrogens with zero attached hydrogens (tertiary/aromatic N) is 1. The van der Waals surface area contributed by atoms with Crippen molar-refractivity contribution in [2.24, 2.45) is 0 Å². The van der Waals surface area contributed by atoms with Gasteiger partial charge in [0.1, 0.15) is 5.75 Å². The minimum atomic E-state index is 0.422. The zero-order valence-corrected chi connectivity index (χ0v) is 10.9. The Labute approximate surface area is 111 Å². The van der Waals surface area contributed by atoms with Gasteiger partial charge in [0.15, 0.2) is 5.75 Å². The molecule has 0 aliphatic heterocycles. The van der Waals surface area contributed by atoms with E-state index in [2.05, 4.69) is 4.98 Å². The summed E-state index contributed by atoms with van der Waals surface area (Å²) < 4.78 is 16.1. The summed E-state index contributed by atoms with van der Waals surface area (Å²) in [5.41, 5.74) is 6.37. The van der Waals surface area contributed by atoms with E-state index >= 15 is 0 Å². The highest BCUT2D eigenvalue weighted by atomic mass is 16.5. The molecule has 0 aliphatic carbocycles. The van der Waals surface area contributed by atoms with Gasteiger partial charge in [-0.1, -0.05) is 6.07 Å². The van der Waals surface area contributed by atoms with Crippen LogP contribution in [-0.4, -0.2) is 18.7 Å². The highest BCUT2D eigenvalue weighted by Gasteiger charge is 2.06. The van der Waals surface area contributed by atoms with Crippen molar-refractivity contribution in [2.45, 2.75) is 6.92 Å². The molecule has 0 atom stereocenters. The topological polar surface area (TPSA) is 66.6 Å². The van der Waals surface area contributed by atoms with Crippen LogP contribution in [-0.2, 0) is 0 Å². The molecule has 2 aromatic rings. The van der Waals surface area contributed by atoms with Crippen molar-refractivity contribution < 1.29 is 14.2 Å². The molecule has 0 saturated carbocycles. The second kappa shape index (κ2) is 5.95. The lowest BCUT2D eigenvalue weighted by atomic mass is 10.3. The SMILES string of the molecule is CCOc1cccc(Oc2cc(OC)ccc2N)n1. The Morgan fingerprint density at radius 3 is 2.68 bits per heavy atom. The van der Waals surface area contributed by atoms with E-state index in [-0.39, 0.29) is 0 Å². The predicted octanol–water partition coefficient (Wildman–Crippen LogP) is 2.86. The second-order valence-corrected chi connectivity index (χ2v) is 3.75. The average Bonchev–Trinajstić information content (AvgIpc) is 2.42. The minimum absolute atomic E-state index is 0.422. The molecule has 0 bridgehead atoms. The molecule has 2 N–H and O–H groups in total. The Kier molecular flexibility index (Phi) is 4.07. The first kappa shape index (κ1) is 13.0. The van der Waals surface area contributed by atoms with Crippen LogP contribution in [0, 0.1) is 0 Å². The fourth-order valence-electron chi connectivity index (χ4n) is 1.52. The molecular weight excluding hydrogens is 244 g/mol. The first-order valence-corrected chi connectivity index (χ1v) is 5.94. The molecule has 19 heavy (non-hydrogen) atoms. The molecule has 5 heteroatoms. The van der Waals surface area contributed by atoms with Crippen molar-refractivity contribution in [3.8, 4) is 23.3 Å². The van der Waals surface area contributed by atoms with E-state index in [9.17, 15) is 0 Å². The van der Waals surface area contributed by atoms with E-state index in [0.29, 0.717) is 35.6 Å². The first-order chi connectivity index (χ1) is 9.22. The predicted molar refractivity (Wildman–Crippen MR) is 72.9 cm³/mol. The van der Waals surface area contributed by atoms with E-state index in [1.807, 2.05) is 13.0 Å². The molecular formula is C14H16N2O3. The normalized spacial score (nSPS) is 10.0. The lowest BCUT2D eigenvalue weighted by Crippen LogP contribution is -1.97. The summed E-state index contributed by atoms with van der Waals surface area (Å²) in [4.78, 5) is 4.21. The number of anilines is 1. The smallest absolute Gasteiger partial charge is 0.222 e. The zero-order chi connectivity index (χ0) is 13.7. The van der Waals surface area contributed by atoms with Crippen molar-refractivity contribution in [3.63, 3.8) is 0 Å². The van der Waals surface area contributed by atoms with Crippen molar-refractivity contribution >= 4 is 5.69 Å². The highest BCUT2D eigenvalue weighted by molar-refractivity contribution is 5.56. The third kappa shape index (κ3) is 3.28. The fraction of sp³-hybridized carbons (Fsp3) is 0.214. The summed E-state index contributed by atoms with van der Waals surface area (Å²) in [6, 6.07) is 10.5. The zero-order valence-electron chi connectivity index (χ0n) is 10.9. The Morgan fingerprint density at radius 1 is 1.16 bits per heavy atom. The van der Waals surface area contributed by atoms with E-state index in [0.717, 1.165) is 0 Å². The Balaban J connectivity index is 2.22. The summed E-state index contributed by atoms with van der Waals surface area (Å²) in [6.45, 7) is 2.45. The van der Waals surface area contributed by atoms with Crippen LogP contribution in [0.25, 0.3) is 0 Å². The van der Waals surface area contributed by atoms with E-state index in [1.54, 1.807) is 37.4 Å². The van der Waals surface area contributed by atoms with Crippen molar-refractivity contribution in [1.29, 1.82) is 0 Å². The van der Waals surface area contributed by atoms with Gasteiger partial charge in [0.25, 0.3) is 0 Å².